The minimum absolute atomic E-state index is 0.0304. The zero-order chi connectivity index (χ0) is 22.6. The number of amides is 1. The first-order chi connectivity index (χ1) is 14.1. The number of allylic oxidation sites excluding steroid dienone is 4. The van der Waals surface area contributed by atoms with Gasteiger partial charge in [-0.3, -0.25) is 4.79 Å². The maximum atomic E-state index is 12.7. The Hall–Kier alpha value is -2.38. The second-order valence-electron chi connectivity index (χ2n) is 7.21. The van der Waals surface area contributed by atoms with Crippen LogP contribution in [-0.2, 0) is 17.4 Å². The van der Waals surface area contributed by atoms with Crippen LogP contribution in [0.1, 0.15) is 36.8 Å². The molecule has 0 aromatic heterocycles. The Balaban J connectivity index is 2.32. The summed E-state index contributed by atoms with van der Waals surface area (Å²) >= 11 is 0. The lowest BCUT2D eigenvalue weighted by Gasteiger charge is -2.10. The molecule has 2 N–H and O–H groups in total. The summed E-state index contributed by atoms with van der Waals surface area (Å²) in [5.74, 6) is 0.0304. The summed E-state index contributed by atoms with van der Waals surface area (Å²) in [6.45, 7) is 0. The van der Waals surface area contributed by atoms with Crippen molar-refractivity contribution >= 4 is 5.91 Å². The van der Waals surface area contributed by atoms with Crippen molar-refractivity contribution in [2.45, 2.75) is 50.5 Å². The molecule has 0 aliphatic carbocycles. The van der Waals surface area contributed by atoms with Gasteiger partial charge in [-0.25, -0.2) is 0 Å². The van der Waals surface area contributed by atoms with E-state index in [1.807, 2.05) is 0 Å². The van der Waals surface area contributed by atoms with Crippen LogP contribution in [0.4, 0.5) is 13.2 Å². The number of benzene rings is 1. The standard InChI is InChI=1S/C23H30F3NO3/c1-27(2)22(30)14-8-13-20(28)11-5-3-4-6-12-21(29)16-15-18-9-7-10-19(17-18)23(24,25)26/h3-7,9-12,17,20-21,28-29H,8,13-16H2,1-2H3. The van der Waals surface area contributed by atoms with E-state index in [0.717, 1.165) is 12.1 Å². The molecule has 0 radical (unpaired) electrons. The van der Waals surface area contributed by atoms with Crippen LogP contribution in [0.15, 0.2) is 60.7 Å². The maximum absolute atomic E-state index is 12.7. The molecule has 1 aromatic carbocycles. The first kappa shape index (κ1) is 25.7. The van der Waals surface area contributed by atoms with E-state index < -0.39 is 23.9 Å². The van der Waals surface area contributed by atoms with Gasteiger partial charge in [-0.15, -0.1) is 0 Å². The molecule has 1 rings (SSSR count). The van der Waals surface area contributed by atoms with Crippen LogP contribution in [0.5, 0.6) is 0 Å². The predicted molar refractivity (Wildman–Crippen MR) is 112 cm³/mol. The van der Waals surface area contributed by atoms with Gasteiger partial charge in [0, 0.05) is 20.5 Å². The molecule has 4 nitrogen and oxygen atoms in total. The summed E-state index contributed by atoms with van der Waals surface area (Å²) in [6, 6.07) is 5.10. The summed E-state index contributed by atoms with van der Waals surface area (Å²) in [5, 5.41) is 19.8. The average Bonchev–Trinajstić information content (AvgIpc) is 2.68. The van der Waals surface area contributed by atoms with Crippen molar-refractivity contribution in [3.05, 3.63) is 71.8 Å². The molecule has 0 aliphatic heterocycles. The van der Waals surface area contributed by atoms with Crippen LogP contribution in [0.3, 0.4) is 0 Å². The van der Waals surface area contributed by atoms with Crippen molar-refractivity contribution in [3.8, 4) is 0 Å². The molecule has 0 heterocycles. The van der Waals surface area contributed by atoms with Crippen LogP contribution in [0.25, 0.3) is 0 Å². The Morgan fingerprint density at radius 3 is 2.20 bits per heavy atom. The fourth-order valence-electron chi connectivity index (χ4n) is 2.61. The number of rotatable bonds is 11. The van der Waals surface area contributed by atoms with Crippen molar-refractivity contribution in [3.63, 3.8) is 0 Å². The number of nitrogens with zero attached hydrogens (tertiary/aromatic N) is 1. The lowest BCUT2D eigenvalue weighted by Crippen LogP contribution is -2.21. The monoisotopic (exact) mass is 425 g/mol. The zero-order valence-corrected chi connectivity index (χ0v) is 17.3. The molecule has 2 atom stereocenters. The largest absolute Gasteiger partial charge is 0.416 e. The number of halogens is 3. The molecule has 1 aromatic rings. The van der Waals surface area contributed by atoms with Crippen LogP contribution in [-0.4, -0.2) is 47.3 Å². The fraction of sp³-hybridized carbons (Fsp3) is 0.435. The maximum Gasteiger partial charge on any atom is 0.416 e. The second kappa shape index (κ2) is 13.0. The molecule has 1 amide bonds. The van der Waals surface area contributed by atoms with Gasteiger partial charge in [-0.2, -0.15) is 13.2 Å². The third kappa shape index (κ3) is 11.0. The van der Waals surface area contributed by atoms with Crippen LogP contribution < -0.4 is 0 Å². The molecule has 0 saturated heterocycles. The molecular weight excluding hydrogens is 395 g/mol. The molecule has 0 fully saturated rings. The Kier molecular flexibility index (Phi) is 11.1. The van der Waals surface area contributed by atoms with E-state index in [9.17, 15) is 28.2 Å². The molecule has 0 saturated carbocycles. The zero-order valence-electron chi connectivity index (χ0n) is 17.3. The van der Waals surface area contributed by atoms with Crippen molar-refractivity contribution in [1.29, 1.82) is 0 Å². The third-order valence-corrected chi connectivity index (χ3v) is 4.37. The van der Waals surface area contributed by atoms with Crippen LogP contribution >= 0.6 is 0 Å². The van der Waals surface area contributed by atoms with E-state index in [1.165, 1.54) is 11.0 Å². The molecule has 0 spiro atoms. The Bertz CT molecular complexity index is 739. The fourth-order valence-corrected chi connectivity index (χ4v) is 2.61. The van der Waals surface area contributed by atoms with Gasteiger partial charge in [-0.05, 0) is 37.3 Å². The quantitative estimate of drug-likeness (QED) is 0.520. The number of hydrogen-bond acceptors (Lipinski definition) is 3. The molecule has 2 unspecified atom stereocenters. The normalized spacial score (nSPS) is 14.6. The smallest absolute Gasteiger partial charge is 0.389 e. The van der Waals surface area contributed by atoms with Gasteiger partial charge >= 0.3 is 6.18 Å². The molecule has 30 heavy (non-hydrogen) atoms. The first-order valence-corrected chi connectivity index (χ1v) is 9.83. The number of aryl methyl sites for hydroxylation is 1. The molecular formula is C23H30F3NO3. The van der Waals surface area contributed by atoms with E-state index in [2.05, 4.69) is 0 Å². The van der Waals surface area contributed by atoms with Crippen molar-refractivity contribution < 1.29 is 28.2 Å². The summed E-state index contributed by atoms with van der Waals surface area (Å²) in [7, 11) is 3.39. The van der Waals surface area contributed by atoms with Crippen LogP contribution in [0.2, 0.25) is 0 Å². The highest BCUT2D eigenvalue weighted by Crippen LogP contribution is 2.29. The average molecular weight is 425 g/mol. The highest BCUT2D eigenvalue weighted by Gasteiger charge is 2.30. The van der Waals surface area contributed by atoms with Gasteiger partial charge in [0.05, 0.1) is 17.8 Å². The second-order valence-corrected chi connectivity index (χ2v) is 7.21. The van der Waals surface area contributed by atoms with Gasteiger partial charge in [0.15, 0.2) is 0 Å². The van der Waals surface area contributed by atoms with E-state index in [0.29, 0.717) is 37.7 Å². The van der Waals surface area contributed by atoms with Gasteiger partial charge in [0.1, 0.15) is 0 Å². The third-order valence-electron chi connectivity index (χ3n) is 4.37. The summed E-state index contributed by atoms with van der Waals surface area (Å²) in [6.07, 6.45) is 6.25. The Morgan fingerprint density at radius 1 is 1.03 bits per heavy atom. The van der Waals surface area contributed by atoms with Gasteiger partial charge in [-0.1, -0.05) is 54.7 Å². The molecule has 0 bridgehead atoms. The number of carbonyl (C=O) groups is 1. The lowest BCUT2D eigenvalue weighted by atomic mass is 10.0. The van der Waals surface area contributed by atoms with Gasteiger partial charge in [0.2, 0.25) is 5.91 Å². The lowest BCUT2D eigenvalue weighted by molar-refractivity contribution is -0.137. The minimum atomic E-state index is -4.37. The molecule has 166 valence electrons. The number of alkyl halides is 3. The number of aliphatic hydroxyl groups is 2. The number of hydrogen-bond donors (Lipinski definition) is 2. The Labute approximate surface area is 176 Å². The summed E-state index contributed by atoms with van der Waals surface area (Å²) in [5.41, 5.74) is -0.164. The van der Waals surface area contributed by atoms with Crippen molar-refractivity contribution in [2.75, 3.05) is 14.1 Å². The highest BCUT2D eigenvalue weighted by molar-refractivity contribution is 5.75. The molecule has 0 aliphatic rings. The minimum Gasteiger partial charge on any atom is -0.389 e. The number of aliphatic hydroxyl groups excluding tert-OH is 2. The van der Waals surface area contributed by atoms with Gasteiger partial charge < -0.3 is 15.1 Å². The number of carbonyl (C=O) groups excluding carboxylic acids is 1. The van der Waals surface area contributed by atoms with Gasteiger partial charge in [0.25, 0.3) is 0 Å². The van der Waals surface area contributed by atoms with Crippen molar-refractivity contribution in [1.82, 2.24) is 4.90 Å². The predicted octanol–water partition coefficient (Wildman–Crippen LogP) is 4.29. The Morgan fingerprint density at radius 2 is 1.63 bits per heavy atom. The SMILES string of the molecule is CN(C)C(=O)CCCC(O)C=CC=CC=CC(O)CCc1cccc(C(F)(F)F)c1. The summed E-state index contributed by atoms with van der Waals surface area (Å²) < 4.78 is 38.1. The molecule has 7 heteroatoms. The van der Waals surface area contributed by atoms with E-state index in [4.69, 9.17) is 0 Å². The first-order valence-electron chi connectivity index (χ1n) is 9.83. The summed E-state index contributed by atoms with van der Waals surface area (Å²) in [4.78, 5) is 13.0. The van der Waals surface area contributed by atoms with E-state index >= 15 is 0 Å². The topological polar surface area (TPSA) is 60.8 Å². The highest BCUT2D eigenvalue weighted by atomic mass is 19.4. The van der Waals surface area contributed by atoms with E-state index in [-0.39, 0.29) is 5.91 Å². The van der Waals surface area contributed by atoms with E-state index in [1.54, 1.807) is 56.6 Å². The van der Waals surface area contributed by atoms with Crippen molar-refractivity contribution in [2.24, 2.45) is 0 Å². The van der Waals surface area contributed by atoms with Crippen LogP contribution in [0, 0.1) is 0 Å².